The molecule has 5 rings (SSSR count). The van der Waals surface area contributed by atoms with Crippen LogP contribution in [0.15, 0.2) is 36.8 Å². The Balaban J connectivity index is 1.33. The van der Waals surface area contributed by atoms with Gasteiger partial charge in [-0.25, -0.2) is 22.7 Å². The van der Waals surface area contributed by atoms with Crippen LogP contribution in [0.25, 0.3) is 5.65 Å². The maximum Gasteiger partial charge on any atom is 0.266 e. The first kappa shape index (κ1) is 25.5. The van der Waals surface area contributed by atoms with E-state index in [4.69, 9.17) is 0 Å². The van der Waals surface area contributed by atoms with Crippen LogP contribution in [-0.2, 0) is 0 Å². The second-order valence-electron chi connectivity index (χ2n) is 10.0. The third kappa shape index (κ3) is 5.02. The lowest BCUT2D eigenvalue weighted by molar-refractivity contribution is 0.0938. The van der Waals surface area contributed by atoms with E-state index in [0.717, 1.165) is 44.1 Å². The summed E-state index contributed by atoms with van der Waals surface area (Å²) < 4.78 is 42.4. The lowest BCUT2D eigenvalue weighted by Crippen LogP contribution is -2.46. The van der Waals surface area contributed by atoms with E-state index in [9.17, 15) is 23.1 Å². The molecule has 0 saturated carbocycles. The van der Waals surface area contributed by atoms with Crippen LogP contribution in [0.2, 0.25) is 0 Å². The van der Waals surface area contributed by atoms with Gasteiger partial charge in [-0.1, -0.05) is 18.2 Å². The van der Waals surface area contributed by atoms with Gasteiger partial charge in [0.2, 0.25) is 0 Å². The number of pyridine rings is 1. The summed E-state index contributed by atoms with van der Waals surface area (Å²) in [6, 6.07) is 5.46. The quantitative estimate of drug-likeness (QED) is 0.520. The van der Waals surface area contributed by atoms with Crippen molar-refractivity contribution in [3.05, 3.63) is 59.3 Å². The number of carbonyl (C=O) groups is 1. The van der Waals surface area contributed by atoms with Crippen molar-refractivity contribution in [3.63, 3.8) is 0 Å². The predicted octanol–water partition coefficient (Wildman–Crippen LogP) is 3.72. The number of piperidine rings is 1. The van der Waals surface area contributed by atoms with Crippen LogP contribution in [0.3, 0.4) is 0 Å². The molecular formula is C26H31F3N6O2. The number of anilines is 1. The highest BCUT2D eigenvalue weighted by molar-refractivity contribution is 5.96. The first-order valence-electron chi connectivity index (χ1n) is 12.6. The van der Waals surface area contributed by atoms with Crippen LogP contribution in [0.5, 0.6) is 0 Å². The molecule has 3 atom stereocenters. The van der Waals surface area contributed by atoms with E-state index in [0.29, 0.717) is 29.8 Å². The monoisotopic (exact) mass is 516 g/mol. The van der Waals surface area contributed by atoms with Crippen molar-refractivity contribution in [2.45, 2.75) is 63.8 Å². The fourth-order valence-electron chi connectivity index (χ4n) is 5.67. The van der Waals surface area contributed by atoms with Gasteiger partial charge >= 0.3 is 0 Å². The molecule has 0 spiro atoms. The molecule has 2 fully saturated rings. The molecule has 11 heteroatoms. The number of aromatic nitrogens is 3. The molecule has 1 aromatic carbocycles. The van der Waals surface area contributed by atoms with Crippen LogP contribution in [0.1, 0.15) is 67.1 Å². The number of nitrogens with one attached hydrogen (secondary N) is 1. The zero-order valence-corrected chi connectivity index (χ0v) is 20.8. The summed E-state index contributed by atoms with van der Waals surface area (Å²) in [5, 5.41) is 17.0. The minimum absolute atomic E-state index is 0.00320. The third-order valence-electron chi connectivity index (χ3n) is 7.60. The van der Waals surface area contributed by atoms with Crippen molar-refractivity contribution in [1.82, 2.24) is 24.8 Å². The molecule has 0 unspecified atom stereocenters. The first-order chi connectivity index (χ1) is 17.7. The molecule has 2 aromatic heterocycles. The van der Waals surface area contributed by atoms with E-state index in [-0.39, 0.29) is 11.7 Å². The molecule has 2 aliphatic rings. The number of likely N-dealkylation sites (tertiary alicyclic amines) is 1. The molecule has 37 heavy (non-hydrogen) atoms. The zero-order valence-electron chi connectivity index (χ0n) is 20.8. The molecule has 2 saturated heterocycles. The minimum Gasteiger partial charge on any atom is -0.392 e. The van der Waals surface area contributed by atoms with Crippen LogP contribution < -0.4 is 10.2 Å². The molecule has 3 aromatic rings. The number of rotatable bonds is 6. The molecular weight excluding hydrogens is 485 g/mol. The summed E-state index contributed by atoms with van der Waals surface area (Å²) in [7, 11) is 0. The van der Waals surface area contributed by atoms with E-state index < -0.39 is 29.8 Å². The molecule has 0 bridgehead atoms. The zero-order chi connectivity index (χ0) is 26.3. The molecule has 198 valence electrons. The summed E-state index contributed by atoms with van der Waals surface area (Å²) in [5.41, 5.74) is 1.02. The number of fused-ring (bicyclic) bond motifs is 1. The summed E-state index contributed by atoms with van der Waals surface area (Å²) in [4.78, 5) is 22.1. The van der Waals surface area contributed by atoms with Crippen molar-refractivity contribution in [3.8, 4) is 0 Å². The standard InChI is InChI=1S/C26H31F3N6O2/c1-15-10-19(36)13-34(15)18-6-8-33(9-7-18)22-11-17(12-35-25(22)30-14-31-35)26(37)32-16(2)20-4-3-5-21(23(20)27)24(28)29/h3-5,11-12,14-16,18-19,24,36H,6-10,13H2,1-2H3,(H,32,37)/t15-,16+,19-/m0/s1. The Morgan fingerprint density at radius 1 is 1.22 bits per heavy atom. The van der Waals surface area contributed by atoms with Crippen molar-refractivity contribution in [2.75, 3.05) is 24.5 Å². The van der Waals surface area contributed by atoms with Gasteiger partial charge in [-0.2, -0.15) is 5.10 Å². The average Bonchev–Trinajstić information content (AvgIpc) is 3.48. The van der Waals surface area contributed by atoms with Gasteiger partial charge in [0.05, 0.1) is 29.0 Å². The molecule has 2 aliphatic heterocycles. The van der Waals surface area contributed by atoms with Gasteiger partial charge in [0.25, 0.3) is 12.3 Å². The fraction of sp³-hybridized carbons (Fsp3) is 0.500. The lowest BCUT2D eigenvalue weighted by Gasteiger charge is -2.39. The van der Waals surface area contributed by atoms with E-state index in [1.165, 1.54) is 23.0 Å². The number of alkyl halides is 2. The predicted molar refractivity (Wildman–Crippen MR) is 132 cm³/mol. The summed E-state index contributed by atoms with van der Waals surface area (Å²) in [5.74, 6) is -1.48. The maximum atomic E-state index is 14.6. The van der Waals surface area contributed by atoms with E-state index >= 15 is 0 Å². The first-order valence-corrected chi connectivity index (χ1v) is 12.6. The van der Waals surface area contributed by atoms with Crippen LogP contribution in [0.4, 0.5) is 18.9 Å². The number of hydrogen-bond donors (Lipinski definition) is 2. The van der Waals surface area contributed by atoms with Gasteiger partial charge in [-0.05, 0) is 39.2 Å². The SMILES string of the molecule is C[C@@H](NC(=O)c1cc(N2CCC(N3C[C@@H](O)C[C@@H]3C)CC2)c2ncnn2c1)c1cccc(C(F)F)c1F. The van der Waals surface area contributed by atoms with Crippen molar-refractivity contribution < 1.29 is 23.1 Å². The molecule has 0 aliphatic carbocycles. The summed E-state index contributed by atoms with van der Waals surface area (Å²) in [6.07, 6.45) is 2.41. The van der Waals surface area contributed by atoms with Gasteiger partial charge in [-0.3, -0.25) is 9.69 Å². The lowest BCUT2D eigenvalue weighted by atomic mass is 10.0. The van der Waals surface area contributed by atoms with E-state index in [1.54, 1.807) is 19.2 Å². The van der Waals surface area contributed by atoms with Crippen LogP contribution in [-0.4, -0.2) is 68.3 Å². The number of halogens is 3. The molecule has 1 amide bonds. The normalized spacial score (nSPS) is 22.2. The number of hydrogen-bond acceptors (Lipinski definition) is 6. The Kier molecular flexibility index (Phi) is 7.09. The van der Waals surface area contributed by atoms with Gasteiger partial charge in [-0.15, -0.1) is 0 Å². The Morgan fingerprint density at radius 2 is 1.95 bits per heavy atom. The van der Waals surface area contributed by atoms with E-state index in [2.05, 4.69) is 32.1 Å². The molecule has 4 heterocycles. The van der Waals surface area contributed by atoms with Crippen molar-refractivity contribution in [1.29, 1.82) is 0 Å². The van der Waals surface area contributed by atoms with Crippen molar-refractivity contribution >= 4 is 17.2 Å². The topological polar surface area (TPSA) is 86.0 Å². The molecule has 2 N–H and O–H groups in total. The third-order valence-corrected chi connectivity index (χ3v) is 7.60. The van der Waals surface area contributed by atoms with E-state index in [1.807, 2.05) is 0 Å². The molecule has 0 radical (unpaired) electrons. The number of benzene rings is 1. The smallest absolute Gasteiger partial charge is 0.266 e. The average molecular weight is 517 g/mol. The largest absolute Gasteiger partial charge is 0.392 e. The van der Waals surface area contributed by atoms with Crippen LogP contribution >= 0.6 is 0 Å². The number of nitrogens with zero attached hydrogens (tertiary/aromatic N) is 5. The van der Waals surface area contributed by atoms with Crippen molar-refractivity contribution in [2.24, 2.45) is 0 Å². The van der Waals surface area contributed by atoms with Gasteiger partial charge in [0.15, 0.2) is 5.65 Å². The number of β-amino-alcohol motifs (C(OH)–C–C–N with tert-alkyl or cyclic N) is 1. The Morgan fingerprint density at radius 3 is 2.62 bits per heavy atom. The molecule has 8 nitrogen and oxygen atoms in total. The Labute approximate surface area is 213 Å². The van der Waals surface area contributed by atoms with Crippen LogP contribution in [0, 0.1) is 5.82 Å². The fourth-order valence-corrected chi connectivity index (χ4v) is 5.67. The number of amides is 1. The van der Waals surface area contributed by atoms with Gasteiger partial charge in [0.1, 0.15) is 12.1 Å². The van der Waals surface area contributed by atoms with Gasteiger partial charge < -0.3 is 15.3 Å². The highest BCUT2D eigenvalue weighted by atomic mass is 19.3. The number of carbonyl (C=O) groups excluding carboxylic acids is 1. The number of aliphatic hydroxyl groups is 1. The minimum atomic E-state index is -2.94. The summed E-state index contributed by atoms with van der Waals surface area (Å²) >= 11 is 0. The maximum absolute atomic E-state index is 14.6. The Bertz CT molecular complexity index is 1280. The second kappa shape index (κ2) is 10.3. The number of aliphatic hydroxyl groups excluding tert-OH is 1. The Hall–Kier alpha value is -3.18. The summed E-state index contributed by atoms with van der Waals surface area (Å²) in [6.45, 7) is 5.94. The highest BCUT2D eigenvalue weighted by Crippen LogP contribution is 2.31. The van der Waals surface area contributed by atoms with Gasteiger partial charge in [0, 0.05) is 43.5 Å². The highest BCUT2D eigenvalue weighted by Gasteiger charge is 2.35. The second-order valence-corrected chi connectivity index (χ2v) is 10.0.